The third-order valence-electron chi connectivity index (χ3n) is 4.68. The lowest BCUT2D eigenvalue weighted by atomic mass is 10.1. The summed E-state index contributed by atoms with van der Waals surface area (Å²) in [4.78, 5) is 2.56. The van der Waals surface area contributed by atoms with E-state index in [2.05, 4.69) is 91.7 Å². The van der Waals surface area contributed by atoms with E-state index in [9.17, 15) is 0 Å². The summed E-state index contributed by atoms with van der Waals surface area (Å²) in [6.45, 7) is 10.1. The lowest BCUT2D eigenvalue weighted by Gasteiger charge is -2.28. The van der Waals surface area contributed by atoms with Crippen LogP contribution in [-0.4, -0.2) is 36.6 Å². The molecule has 0 radical (unpaired) electrons. The summed E-state index contributed by atoms with van der Waals surface area (Å²) in [6, 6.07) is 22.6. The molecule has 2 atom stereocenters. The molecule has 0 amide bonds. The zero-order valence-electron chi connectivity index (χ0n) is 15.4. The van der Waals surface area contributed by atoms with Crippen LogP contribution in [-0.2, 0) is 12.8 Å². The van der Waals surface area contributed by atoms with Gasteiger partial charge in [0.1, 0.15) is 0 Å². The highest BCUT2D eigenvalue weighted by Crippen LogP contribution is 2.08. The van der Waals surface area contributed by atoms with Crippen LogP contribution < -0.4 is 5.32 Å². The summed E-state index contributed by atoms with van der Waals surface area (Å²) in [5.41, 5.74) is 2.83. The summed E-state index contributed by atoms with van der Waals surface area (Å²) in [7, 11) is 0. The van der Waals surface area contributed by atoms with E-state index in [0.717, 1.165) is 32.5 Å². The summed E-state index contributed by atoms with van der Waals surface area (Å²) < 4.78 is 0. The van der Waals surface area contributed by atoms with Crippen molar-refractivity contribution >= 4 is 0 Å². The molecule has 2 aromatic carbocycles. The standard InChI is InChI=1S/C22H32N2/c1-4-24(20(3)18-22-13-9-6-10-14-22)16-15-23-19(2)17-21-11-7-5-8-12-21/h5-14,19-20,23H,4,15-18H2,1-3H3/t19-,20-/m1/s1. The van der Waals surface area contributed by atoms with Crippen LogP contribution in [0.3, 0.4) is 0 Å². The van der Waals surface area contributed by atoms with Crippen molar-refractivity contribution in [3.8, 4) is 0 Å². The van der Waals surface area contributed by atoms with Crippen LogP contribution in [0.4, 0.5) is 0 Å². The summed E-state index contributed by atoms with van der Waals surface area (Å²) >= 11 is 0. The Hall–Kier alpha value is -1.64. The largest absolute Gasteiger partial charge is 0.313 e. The molecule has 0 saturated carbocycles. The predicted octanol–water partition coefficient (Wildman–Crippen LogP) is 4.16. The molecule has 0 aliphatic rings. The van der Waals surface area contributed by atoms with Crippen LogP contribution in [0.5, 0.6) is 0 Å². The van der Waals surface area contributed by atoms with E-state index in [-0.39, 0.29) is 0 Å². The first-order valence-electron chi connectivity index (χ1n) is 9.24. The van der Waals surface area contributed by atoms with Crippen molar-refractivity contribution in [1.82, 2.24) is 10.2 Å². The lowest BCUT2D eigenvalue weighted by Crippen LogP contribution is -2.41. The molecule has 0 aliphatic heterocycles. The monoisotopic (exact) mass is 324 g/mol. The van der Waals surface area contributed by atoms with Crippen molar-refractivity contribution < 1.29 is 0 Å². The van der Waals surface area contributed by atoms with Gasteiger partial charge in [0.25, 0.3) is 0 Å². The van der Waals surface area contributed by atoms with Gasteiger partial charge in [-0.15, -0.1) is 0 Å². The Morgan fingerprint density at radius 3 is 1.92 bits per heavy atom. The second-order valence-electron chi connectivity index (χ2n) is 6.71. The third kappa shape index (κ3) is 6.46. The molecule has 0 spiro atoms. The number of likely N-dealkylation sites (N-methyl/N-ethyl adjacent to an activating group) is 1. The molecule has 2 rings (SSSR count). The molecule has 0 aliphatic carbocycles. The number of hydrogen-bond acceptors (Lipinski definition) is 2. The Bertz CT molecular complexity index is 553. The minimum Gasteiger partial charge on any atom is -0.313 e. The van der Waals surface area contributed by atoms with Crippen LogP contribution >= 0.6 is 0 Å². The summed E-state index contributed by atoms with van der Waals surface area (Å²) in [5, 5.41) is 3.67. The first-order valence-corrected chi connectivity index (χ1v) is 9.24. The van der Waals surface area contributed by atoms with Crippen molar-refractivity contribution in [2.24, 2.45) is 0 Å². The van der Waals surface area contributed by atoms with E-state index in [1.54, 1.807) is 0 Å². The molecule has 24 heavy (non-hydrogen) atoms. The van der Waals surface area contributed by atoms with E-state index in [0.29, 0.717) is 12.1 Å². The number of nitrogens with one attached hydrogen (secondary N) is 1. The fourth-order valence-electron chi connectivity index (χ4n) is 3.27. The zero-order chi connectivity index (χ0) is 17.2. The fourth-order valence-corrected chi connectivity index (χ4v) is 3.27. The Labute approximate surface area is 147 Å². The van der Waals surface area contributed by atoms with E-state index >= 15 is 0 Å². The molecule has 2 heteroatoms. The van der Waals surface area contributed by atoms with Gasteiger partial charge >= 0.3 is 0 Å². The molecule has 2 nitrogen and oxygen atoms in total. The van der Waals surface area contributed by atoms with Crippen LogP contribution in [0.25, 0.3) is 0 Å². The van der Waals surface area contributed by atoms with Gasteiger partial charge in [-0.1, -0.05) is 67.6 Å². The molecule has 0 unspecified atom stereocenters. The highest BCUT2D eigenvalue weighted by atomic mass is 15.2. The Morgan fingerprint density at radius 1 is 0.833 bits per heavy atom. The van der Waals surface area contributed by atoms with Crippen LogP contribution in [0, 0.1) is 0 Å². The Morgan fingerprint density at radius 2 is 1.38 bits per heavy atom. The average Bonchev–Trinajstić information content (AvgIpc) is 2.60. The van der Waals surface area contributed by atoms with Gasteiger partial charge in [-0.05, 0) is 44.4 Å². The lowest BCUT2D eigenvalue weighted by molar-refractivity contribution is 0.216. The van der Waals surface area contributed by atoms with Crippen LogP contribution in [0.2, 0.25) is 0 Å². The van der Waals surface area contributed by atoms with Gasteiger partial charge in [0, 0.05) is 25.2 Å². The molecule has 0 fully saturated rings. The minimum atomic E-state index is 0.510. The first kappa shape index (κ1) is 18.7. The molecule has 130 valence electrons. The highest BCUT2D eigenvalue weighted by molar-refractivity contribution is 5.16. The smallest absolute Gasteiger partial charge is 0.0110 e. The molecular weight excluding hydrogens is 292 g/mol. The zero-order valence-corrected chi connectivity index (χ0v) is 15.4. The van der Waals surface area contributed by atoms with Crippen molar-refractivity contribution in [3.05, 3.63) is 71.8 Å². The molecule has 2 aromatic rings. The van der Waals surface area contributed by atoms with Crippen molar-refractivity contribution in [2.45, 2.75) is 45.7 Å². The van der Waals surface area contributed by atoms with Gasteiger partial charge in [-0.25, -0.2) is 0 Å². The van der Waals surface area contributed by atoms with E-state index in [1.165, 1.54) is 11.1 Å². The summed E-state index contributed by atoms with van der Waals surface area (Å²) in [6.07, 6.45) is 2.21. The first-order chi connectivity index (χ1) is 11.7. The Balaban J connectivity index is 1.72. The fraction of sp³-hybridized carbons (Fsp3) is 0.455. The van der Waals surface area contributed by atoms with E-state index in [4.69, 9.17) is 0 Å². The molecule has 0 heterocycles. The van der Waals surface area contributed by atoms with E-state index < -0.39 is 0 Å². The topological polar surface area (TPSA) is 15.3 Å². The molecule has 0 saturated heterocycles. The van der Waals surface area contributed by atoms with Crippen molar-refractivity contribution in [1.29, 1.82) is 0 Å². The SMILES string of the molecule is CCN(CCN[C@H](C)Cc1ccccc1)[C@H](C)Cc1ccccc1. The number of benzene rings is 2. The predicted molar refractivity (Wildman–Crippen MR) is 104 cm³/mol. The van der Waals surface area contributed by atoms with Gasteiger partial charge in [0.05, 0.1) is 0 Å². The van der Waals surface area contributed by atoms with Gasteiger partial charge in [0.2, 0.25) is 0 Å². The van der Waals surface area contributed by atoms with Crippen LogP contribution in [0.1, 0.15) is 31.9 Å². The number of hydrogen-bond donors (Lipinski definition) is 1. The van der Waals surface area contributed by atoms with Crippen LogP contribution in [0.15, 0.2) is 60.7 Å². The summed E-state index contributed by atoms with van der Waals surface area (Å²) in [5.74, 6) is 0. The molecular formula is C22H32N2. The number of nitrogens with zero attached hydrogens (tertiary/aromatic N) is 1. The van der Waals surface area contributed by atoms with E-state index in [1.807, 2.05) is 0 Å². The highest BCUT2D eigenvalue weighted by Gasteiger charge is 2.12. The second-order valence-corrected chi connectivity index (χ2v) is 6.71. The maximum Gasteiger partial charge on any atom is 0.0110 e. The van der Waals surface area contributed by atoms with Gasteiger partial charge < -0.3 is 5.32 Å². The van der Waals surface area contributed by atoms with Crippen molar-refractivity contribution in [2.75, 3.05) is 19.6 Å². The third-order valence-corrected chi connectivity index (χ3v) is 4.68. The van der Waals surface area contributed by atoms with Gasteiger partial charge in [0.15, 0.2) is 0 Å². The minimum absolute atomic E-state index is 0.510. The van der Waals surface area contributed by atoms with Gasteiger partial charge in [-0.3, -0.25) is 4.90 Å². The second kappa shape index (κ2) is 10.3. The molecule has 0 aromatic heterocycles. The maximum atomic E-state index is 3.67. The van der Waals surface area contributed by atoms with Crippen molar-refractivity contribution in [3.63, 3.8) is 0 Å². The Kier molecular flexibility index (Phi) is 8.00. The van der Waals surface area contributed by atoms with Gasteiger partial charge in [-0.2, -0.15) is 0 Å². The quantitative estimate of drug-likeness (QED) is 0.706. The average molecular weight is 325 g/mol. The molecule has 0 bridgehead atoms. The molecule has 1 N–H and O–H groups in total. The normalized spacial score (nSPS) is 13.8. The number of rotatable bonds is 10. The maximum absolute atomic E-state index is 3.67.